The number of carbonyl (C=O) groups excluding carboxylic acids is 2. The van der Waals surface area contributed by atoms with E-state index < -0.39 is 5.97 Å². The summed E-state index contributed by atoms with van der Waals surface area (Å²) in [5, 5.41) is 25.6. The predicted octanol–water partition coefficient (Wildman–Crippen LogP) is 7.66. The zero-order chi connectivity index (χ0) is 34.4. The number of allylic oxidation sites excluding steroid dienone is 1. The van der Waals surface area contributed by atoms with E-state index in [4.69, 9.17) is 5.11 Å². The average molecular weight is 655 g/mol. The summed E-state index contributed by atoms with van der Waals surface area (Å²) in [6.45, 7) is 19.6. The molecule has 0 aliphatic heterocycles. The van der Waals surface area contributed by atoms with Crippen molar-refractivity contribution in [3.8, 4) is 0 Å². The maximum absolute atomic E-state index is 14.3. The normalized spacial score (nSPS) is 41.9. The van der Waals surface area contributed by atoms with Crippen LogP contribution in [-0.4, -0.2) is 47.2 Å². The highest BCUT2D eigenvalue weighted by Gasteiger charge is 2.71. The number of nitrogens with one attached hydrogen (secondary N) is 2. The molecular formula is C40H66N2O5. The summed E-state index contributed by atoms with van der Waals surface area (Å²) < 4.78 is 0. The molecule has 0 heterocycles. The largest absolute Gasteiger partial charge is 0.480 e. The number of rotatable bonds is 12. The number of amides is 2. The molecule has 10 atom stereocenters. The first-order valence-electron chi connectivity index (χ1n) is 19.1. The molecule has 5 rings (SSSR count). The Morgan fingerprint density at radius 1 is 0.766 bits per heavy atom. The van der Waals surface area contributed by atoms with E-state index in [0.29, 0.717) is 42.6 Å². The Bertz CT molecular complexity index is 1210. The lowest BCUT2D eigenvalue weighted by Gasteiger charge is -2.72. The van der Waals surface area contributed by atoms with Gasteiger partial charge in [0.1, 0.15) is 6.54 Å². The quantitative estimate of drug-likeness (QED) is 0.127. The topological polar surface area (TPSA) is 116 Å². The van der Waals surface area contributed by atoms with Gasteiger partial charge in [-0.25, -0.2) is 0 Å². The monoisotopic (exact) mass is 654 g/mol. The number of hydrogen-bond acceptors (Lipinski definition) is 4. The van der Waals surface area contributed by atoms with Crippen LogP contribution in [0.2, 0.25) is 0 Å². The standard InChI is InChI=1S/C40H66N2O5/c1-26(2)27-16-21-40(35(47)41-24-12-10-8-9-11-13-32(44)42-25-33(45)46)23-22-38(6)28(34(27)40)14-15-30-37(5)19-18-31(43)36(3,4)29(37)17-20-39(30,38)7/h27-31,34,43H,1,8-25H2,2-7H3,(H,41,47)(H,42,44)(H,45,46)/t27-,28+,29-,30?,31-,34+,37-,38+,39+,40-/m0/s1. The molecule has 47 heavy (non-hydrogen) atoms. The number of unbranched alkanes of at least 4 members (excludes halogenated alkanes) is 4. The predicted molar refractivity (Wildman–Crippen MR) is 186 cm³/mol. The Morgan fingerprint density at radius 2 is 1.47 bits per heavy atom. The van der Waals surface area contributed by atoms with Crippen molar-refractivity contribution in [1.82, 2.24) is 10.6 Å². The third-order valence-corrected chi connectivity index (χ3v) is 15.8. The van der Waals surface area contributed by atoms with Gasteiger partial charge in [0.15, 0.2) is 0 Å². The van der Waals surface area contributed by atoms with E-state index in [9.17, 15) is 19.5 Å². The molecule has 0 aromatic heterocycles. The Morgan fingerprint density at radius 3 is 2.17 bits per heavy atom. The van der Waals surface area contributed by atoms with E-state index in [0.717, 1.165) is 70.6 Å². The molecule has 4 N–H and O–H groups in total. The molecule has 266 valence electrons. The highest BCUT2D eigenvalue weighted by molar-refractivity contribution is 5.84. The summed E-state index contributed by atoms with van der Waals surface area (Å²) in [6.07, 6.45) is 15.9. The summed E-state index contributed by atoms with van der Waals surface area (Å²) in [6, 6.07) is 0. The Labute approximate surface area is 284 Å². The van der Waals surface area contributed by atoms with Gasteiger partial charge in [0.05, 0.1) is 11.5 Å². The summed E-state index contributed by atoms with van der Waals surface area (Å²) in [7, 11) is 0. The minimum absolute atomic E-state index is 0.0394. The van der Waals surface area contributed by atoms with Gasteiger partial charge < -0.3 is 20.8 Å². The van der Waals surface area contributed by atoms with Crippen LogP contribution in [0, 0.1) is 56.7 Å². The molecule has 0 aromatic carbocycles. The van der Waals surface area contributed by atoms with Crippen molar-refractivity contribution in [1.29, 1.82) is 0 Å². The van der Waals surface area contributed by atoms with Gasteiger partial charge in [0.25, 0.3) is 0 Å². The lowest BCUT2D eigenvalue weighted by molar-refractivity contribution is -0.246. The van der Waals surface area contributed by atoms with Gasteiger partial charge >= 0.3 is 5.97 Å². The summed E-state index contributed by atoms with van der Waals surface area (Å²) >= 11 is 0. The smallest absolute Gasteiger partial charge is 0.322 e. The van der Waals surface area contributed by atoms with Gasteiger partial charge in [-0.1, -0.05) is 66.0 Å². The first-order valence-corrected chi connectivity index (χ1v) is 19.1. The molecule has 0 radical (unpaired) electrons. The van der Waals surface area contributed by atoms with E-state index in [1.54, 1.807) is 0 Å². The van der Waals surface area contributed by atoms with Gasteiger partial charge in [-0.2, -0.15) is 0 Å². The van der Waals surface area contributed by atoms with Crippen molar-refractivity contribution in [2.24, 2.45) is 56.7 Å². The number of aliphatic hydroxyl groups is 1. The third-order valence-electron chi connectivity index (χ3n) is 15.8. The van der Waals surface area contributed by atoms with E-state index in [-0.39, 0.29) is 51.5 Å². The number of aliphatic carboxylic acids is 1. The summed E-state index contributed by atoms with van der Waals surface area (Å²) in [5.41, 5.74) is 1.62. The van der Waals surface area contributed by atoms with Crippen LogP contribution < -0.4 is 10.6 Å². The molecule has 0 aromatic rings. The van der Waals surface area contributed by atoms with Gasteiger partial charge in [0, 0.05) is 13.0 Å². The minimum atomic E-state index is -1.02. The number of carboxylic acid groups (broad SMARTS) is 1. The molecule has 7 nitrogen and oxygen atoms in total. The first kappa shape index (κ1) is 36.4. The second-order valence-electron chi connectivity index (χ2n) is 18.2. The van der Waals surface area contributed by atoms with E-state index in [1.807, 2.05) is 0 Å². The van der Waals surface area contributed by atoms with Crippen LogP contribution in [0.15, 0.2) is 12.2 Å². The number of aliphatic hydroxyl groups excluding tert-OH is 1. The lowest BCUT2D eigenvalue weighted by atomic mass is 9.32. The highest BCUT2D eigenvalue weighted by Crippen LogP contribution is 2.77. The molecule has 5 saturated carbocycles. The molecule has 1 unspecified atom stereocenters. The van der Waals surface area contributed by atoms with E-state index in [2.05, 4.69) is 58.8 Å². The fraction of sp³-hybridized carbons (Fsp3) is 0.875. The molecule has 5 aliphatic carbocycles. The van der Waals surface area contributed by atoms with Crippen molar-refractivity contribution in [2.75, 3.05) is 13.1 Å². The van der Waals surface area contributed by atoms with E-state index in [1.165, 1.54) is 31.3 Å². The maximum Gasteiger partial charge on any atom is 0.322 e. The summed E-state index contributed by atoms with van der Waals surface area (Å²) in [5.74, 6) is 1.58. The minimum Gasteiger partial charge on any atom is -0.480 e. The van der Waals surface area contributed by atoms with Gasteiger partial charge in [-0.15, -0.1) is 0 Å². The molecular weight excluding hydrogens is 588 g/mol. The van der Waals surface area contributed by atoms with Crippen molar-refractivity contribution in [3.05, 3.63) is 12.2 Å². The molecule has 0 saturated heterocycles. The Hall–Kier alpha value is -1.89. The second-order valence-corrected chi connectivity index (χ2v) is 18.2. The van der Waals surface area contributed by atoms with Crippen LogP contribution >= 0.6 is 0 Å². The van der Waals surface area contributed by atoms with Crippen molar-refractivity contribution in [3.63, 3.8) is 0 Å². The second kappa shape index (κ2) is 13.4. The highest BCUT2D eigenvalue weighted by atomic mass is 16.4. The Balaban J connectivity index is 1.23. The van der Waals surface area contributed by atoms with Crippen LogP contribution in [-0.2, 0) is 14.4 Å². The molecule has 0 spiro atoms. The third kappa shape index (κ3) is 6.11. The molecule has 2 amide bonds. The lowest BCUT2D eigenvalue weighted by Crippen LogP contribution is -2.67. The molecule has 5 aliphatic rings. The fourth-order valence-corrected chi connectivity index (χ4v) is 13.1. The first-order chi connectivity index (χ1) is 22.0. The van der Waals surface area contributed by atoms with Crippen LogP contribution in [0.1, 0.15) is 144 Å². The van der Waals surface area contributed by atoms with Gasteiger partial charge in [0.2, 0.25) is 11.8 Å². The van der Waals surface area contributed by atoms with Crippen molar-refractivity contribution >= 4 is 17.8 Å². The molecule has 5 fully saturated rings. The SMILES string of the molecule is C=C(C)[C@@H]1CC[C@]2(C(=O)NCCCCCCCC(=O)NCC(=O)O)CC[C@]3(C)[C@H](CCC4[C@@]5(C)CC[C@H](O)C(C)(C)[C@@H]5CC[C@]43C)[C@@H]12. The number of hydrogen-bond donors (Lipinski definition) is 4. The zero-order valence-electron chi connectivity index (χ0n) is 30.5. The zero-order valence-corrected chi connectivity index (χ0v) is 30.5. The molecule has 7 heteroatoms. The molecule has 0 bridgehead atoms. The van der Waals surface area contributed by atoms with Crippen LogP contribution in [0.4, 0.5) is 0 Å². The Kier molecular flexibility index (Phi) is 10.4. The number of fused-ring (bicyclic) bond motifs is 7. The van der Waals surface area contributed by atoms with Gasteiger partial charge in [-0.3, -0.25) is 14.4 Å². The number of carbonyl (C=O) groups is 3. The van der Waals surface area contributed by atoms with Crippen molar-refractivity contribution < 1.29 is 24.6 Å². The summed E-state index contributed by atoms with van der Waals surface area (Å²) in [4.78, 5) is 36.6. The number of carboxylic acids is 1. The fourth-order valence-electron chi connectivity index (χ4n) is 13.1. The van der Waals surface area contributed by atoms with E-state index >= 15 is 0 Å². The van der Waals surface area contributed by atoms with Crippen LogP contribution in [0.25, 0.3) is 0 Å². The van der Waals surface area contributed by atoms with Crippen LogP contribution in [0.5, 0.6) is 0 Å². The average Bonchev–Trinajstić information content (AvgIpc) is 3.41. The van der Waals surface area contributed by atoms with Crippen LogP contribution in [0.3, 0.4) is 0 Å². The van der Waals surface area contributed by atoms with Crippen molar-refractivity contribution in [2.45, 2.75) is 150 Å². The van der Waals surface area contributed by atoms with Gasteiger partial charge in [-0.05, 0) is 135 Å². The maximum atomic E-state index is 14.3.